The number of carbonyl (C=O) groups is 1. The van der Waals surface area contributed by atoms with E-state index in [9.17, 15) is 4.79 Å². The first-order valence-electron chi connectivity index (χ1n) is 11.2. The summed E-state index contributed by atoms with van der Waals surface area (Å²) in [6.45, 7) is 4.22. The van der Waals surface area contributed by atoms with Crippen molar-refractivity contribution in [3.63, 3.8) is 0 Å². The molecule has 0 bridgehead atoms. The predicted molar refractivity (Wildman–Crippen MR) is 123 cm³/mol. The maximum absolute atomic E-state index is 13.0. The summed E-state index contributed by atoms with van der Waals surface area (Å²) in [4.78, 5) is 26.0. The lowest BCUT2D eigenvalue weighted by Gasteiger charge is -2.28. The number of benzene rings is 1. The number of aromatic nitrogens is 3. The number of aryl methyl sites for hydroxylation is 1. The normalized spacial score (nSPS) is 15.4. The Balaban J connectivity index is 1.53. The molecule has 0 radical (unpaired) electrons. The van der Waals surface area contributed by atoms with Gasteiger partial charge in [0.25, 0.3) is 5.91 Å². The van der Waals surface area contributed by atoms with Crippen molar-refractivity contribution in [2.75, 3.05) is 0 Å². The zero-order valence-corrected chi connectivity index (χ0v) is 18.3. The van der Waals surface area contributed by atoms with E-state index in [0.29, 0.717) is 17.9 Å². The van der Waals surface area contributed by atoms with Gasteiger partial charge in [-0.15, -0.1) is 0 Å². The largest absolute Gasteiger partial charge is 0.349 e. The molecule has 0 aliphatic heterocycles. The number of rotatable bonds is 6. The third-order valence-corrected chi connectivity index (χ3v) is 6.43. The second-order valence-corrected chi connectivity index (χ2v) is 8.57. The molecule has 2 heterocycles. The Morgan fingerprint density at radius 1 is 1.10 bits per heavy atom. The summed E-state index contributed by atoms with van der Waals surface area (Å²) in [6.07, 6.45) is 12.0. The lowest BCUT2D eigenvalue weighted by atomic mass is 9.84. The zero-order valence-electron chi connectivity index (χ0n) is 18.3. The van der Waals surface area contributed by atoms with Crippen molar-refractivity contribution in [3.05, 3.63) is 77.5 Å². The molecule has 3 aromatic rings. The van der Waals surface area contributed by atoms with Gasteiger partial charge in [0.1, 0.15) is 6.33 Å². The highest BCUT2D eigenvalue weighted by atomic mass is 16.1. The van der Waals surface area contributed by atoms with Gasteiger partial charge in [0, 0.05) is 36.0 Å². The molecule has 1 N–H and O–H groups in total. The smallest absolute Gasteiger partial charge is 0.251 e. The minimum absolute atomic E-state index is 0.0105. The van der Waals surface area contributed by atoms with Gasteiger partial charge in [-0.2, -0.15) is 0 Å². The molecule has 1 fully saturated rings. The van der Waals surface area contributed by atoms with Crippen LogP contribution in [0.5, 0.6) is 0 Å². The van der Waals surface area contributed by atoms with Crippen LogP contribution in [0, 0.1) is 12.8 Å². The van der Waals surface area contributed by atoms with Crippen LogP contribution >= 0.6 is 0 Å². The number of hydrogen-bond donors (Lipinski definition) is 1. The van der Waals surface area contributed by atoms with Crippen molar-refractivity contribution in [2.45, 2.75) is 58.4 Å². The summed E-state index contributed by atoms with van der Waals surface area (Å²) in [7, 11) is 0. The van der Waals surface area contributed by atoms with Gasteiger partial charge in [0.05, 0.1) is 11.4 Å². The van der Waals surface area contributed by atoms with Crippen LogP contribution in [-0.2, 0) is 6.42 Å². The van der Waals surface area contributed by atoms with E-state index in [1.165, 1.54) is 32.1 Å². The fourth-order valence-corrected chi connectivity index (χ4v) is 4.49. The number of amides is 1. The number of nitrogens with zero attached hydrogens (tertiary/aromatic N) is 3. The van der Waals surface area contributed by atoms with Gasteiger partial charge in [-0.25, -0.2) is 9.97 Å². The van der Waals surface area contributed by atoms with Crippen molar-refractivity contribution in [3.8, 4) is 11.3 Å². The van der Waals surface area contributed by atoms with Gasteiger partial charge >= 0.3 is 0 Å². The second-order valence-electron chi connectivity index (χ2n) is 8.57. The number of pyridine rings is 1. The topological polar surface area (TPSA) is 67.8 Å². The first-order chi connectivity index (χ1) is 15.1. The lowest BCUT2D eigenvalue weighted by Crippen LogP contribution is -2.38. The molecule has 1 aliphatic carbocycles. The first kappa shape index (κ1) is 21.2. The molecular formula is C26H30N4O. The standard InChI is InChI=1S/C26H30N4O/c1-18-10-11-21(26(31)30-19(2)20-7-4-3-5-8-20)15-22(18)16-25-23(9-6-13-28-25)24-12-14-27-17-29-24/h6,9-15,17,19-20H,3-5,7-8,16H2,1-2H3,(H,30,31)/t19-/m0/s1. The van der Waals surface area contributed by atoms with Crippen molar-refractivity contribution in [1.82, 2.24) is 20.3 Å². The minimum Gasteiger partial charge on any atom is -0.349 e. The summed E-state index contributed by atoms with van der Waals surface area (Å²) < 4.78 is 0. The fraction of sp³-hybridized carbons (Fsp3) is 0.385. The Kier molecular flexibility index (Phi) is 6.70. The predicted octanol–water partition coefficient (Wildman–Crippen LogP) is 5.14. The SMILES string of the molecule is Cc1ccc(C(=O)N[C@@H](C)C2CCCCC2)cc1Cc1ncccc1-c1ccncn1. The van der Waals surface area contributed by atoms with E-state index >= 15 is 0 Å². The Morgan fingerprint density at radius 2 is 1.94 bits per heavy atom. The third kappa shape index (κ3) is 5.16. The van der Waals surface area contributed by atoms with Gasteiger partial charge in [-0.1, -0.05) is 25.3 Å². The zero-order chi connectivity index (χ0) is 21.6. The van der Waals surface area contributed by atoms with Crippen LogP contribution in [0.3, 0.4) is 0 Å². The molecule has 0 saturated heterocycles. The molecular weight excluding hydrogens is 384 g/mol. The van der Waals surface area contributed by atoms with Crippen molar-refractivity contribution in [2.24, 2.45) is 5.92 Å². The van der Waals surface area contributed by atoms with Crippen molar-refractivity contribution in [1.29, 1.82) is 0 Å². The van der Waals surface area contributed by atoms with Crippen LogP contribution in [0.15, 0.2) is 55.1 Å². The van der Waals surface area contributed by atoms with Gasteiger partial charge in [-0.3, -0.25) is 9.78 Å². The highest BCUT2D eigenvalue weighted by Crippen LogP contribution is 2.27. The monoisotopic (exact) mass is 414 g/mol. The van der Waals surface area contributed by atoms with Gasteiger partial charge in [0.15, 0.2) is 0 Å². The Morgan fingerprint density at radius 3 is 2.71 bits per heavy atom. The summed E-state index contributed by atoms with van der Waals surface area (Å²) in [5.41, 5.74) is 5.75. The summed E-state index contributed by atoms with van der Waals surface area (Å²) in [5.74, 6) is 0.600. The van der Waals surface area contributed by atoms with Gasteiger partial charge in [0.2, 0.25) is 0 Å². The van der Waals surface area contributed by atoms with Crippen LogP contribution in [-0.4, -0.2) is 26.9 Å². The molecule has 31 heavy (non-hydrogen) atoms. The van der Waals surface area contributed by atoms with E-state index in [2.05, 4.69) is 34.1 Å². The number of nitrogens with one attached hydrogen (secondary N) is 1. The summed E-state index contributed by atoms with van der Waals surface area (Å²) >= 11 is 0. The maximum Gasteiger partial charge on any atom is 0.251 e. The van der Waals surface area contributed by atoms with E-state index < -0.39 is 0 Å². The fourth-order valence-electron chi connectivity index (χ4n) is 4.49. The van der Waals surface area contributed by atoms with Crippen LogP contribution in [0.4, 0.5) is 0 Å². The van der Waals surface area contributed by atoms with Crippen LogP contribution < -0.4 is 5.32 Å². The Bertz CT molecular complexity index is 1030. The van der Waals surface area contributed by atoms with Gasteiger partial charge in [-0.05, 0) is 74.1 Å². The molecule has 1 aromatic carbocycles. The van der Waals surface area contributed by atoms with Gasteiger partial charge < -0.3 is 5.32 Å². The molecule has 1 aliphatic rings. The average molecular weight is 415 g/mol. The van der Waals surface area contributed by atoms with Crippen LogP contribution in [0.25, 0.3) is 11.3 Å². The number of hydrogen-bond acceptors (Lipinski definition) is 4. The molecule has 160 valence electrons. The third-order valence-electron chi connectivity index (χ3n) is 6.43. The molecule has 1 saturated carbocycles. The number of carbonyl (C=O) groups excluding carboxylic acids is 1. The van der Waals surface area contributed by atoms with Crippen molar-refractivity contribution >= 4 is 5.91 Å². The average Bonchev–Trinajstić information content (AvgIpc) is 2.82. The minimum atomic E-state index is 0.0105. The quantitative estimate of drug-likeness (QED) is 0.607. The highest BCUT2D eigenvalue weighted by molar-refractivity contribution is 5.94. The Labute approximate surface area is 184 Å². The molecule has 5 heteroatoms. The lowest BCUT2D eigenvalue weighted by molar-refractivity contribution is 0.0919. The molecule has 2 aromatic heterocycles. The molecule has 1 amide bonds. The highest BCUT2D eigenvalue weighted by Gasteiger charge is 2.22. The Hall–Kier alpha value is -3.08. The van der Waals surface area contributed by atoms with Crippen molar-refractivity contribution < 1.29 is 4.79 Å². The first-order valence-corrected chi connectivity index (χ1v) is 11.2. The van der Waals surface area contributed by atoms with Crippen LogP contribution in [0.1, 0.15) is 66.2 Å². The van der Waals surface area contributed by atoms with E-state index in [4.69, 9.17) is 0 Å². The molecule has 5 nitrogen and oxygen atoms in total. The molecule has 0 spiro atoms. The molecule has 4 rings (SSSR count). The molecule has 1 atom stereocenters. The van der Waals surface area contributed by atoms with E-state index in [0.717, 1.165) is 28.1 Å². The second kappa shape index (κ2) is 9.82. The van der Waals surface area contributed by atoms with Crippen LogP contribution in [0.2, 0.25) is 0 Å². The summed E-state index contributed by atoms with van der Waals surface area (Å²) in [6, 6.07) is 12.0. The van der Waals surface area contributed by atoms with E-state index in [-0.39, 0.29) is 11.9 Å². The summed E-state index contributed by atoms with van der Waals surface area (Å²) in [5, 5.41) is 3.24. The van der Waals surface area contributed by atoms with E-state index in [1.807, 2.05) is 36.4 Å². The maximum atomic E-state index is 13.0. The molecule has 0 unspecified atom stereocenters. The van der Waals surface area contributed by atoms with E-state index in [1.54, 1.807) is 18.7 Å².